The molecule has 20 heavy (non-hydrogen) atoms. The number of hydrogen-bond donors (Lipinski definition) is 1. The highest BCUT2D eigenvalue weighted by Gasteiger charge is 2.36. The van der Waals surface area contributed by atoms with Crippen LogP contribution in [-0.4, -0.2) is 16.8 Å². The summed E-state index contributed by atoms with van der Waals surface area (Å²) in [7, 11) is 0. The van der Waals surface area contributed by atoms with Gasteiger partial charge in [-0.2, -0.15) is 13.2 Å². The quantitative estimate of drug-likeness (QED) is 0.704. The predicted octanol–water partition coefficient (Wildman–Crippen LogP) is 4.76. The molecule has 1 aromatic rings. The minimum Gasteiger partial charge on any atom is -0.347 e. The number of hydrogen-bond acceptors (Lipinski definition) is 1. The van der Waals surface area contributed by atoms with E-state index in [1.54, 1.807) is 13.8 Å². The van der Waals surface area contributed by atoms with E-state index in [1.165, 1.54) is 12.1 Å². The smallest absolute Gasteiger partial charge is 0.347 e. The van der Waals surface area contributed by atoms with E-state index in [0.717, 1.165) is 6.07 Å². The average molecular weight is 417 g/mol. The topological polar surface area (TPSA) is 29.1 Å². The van der Waals surface area contributed by atoms with Gasteiger partial charge in [0.2, 0.25) is 0 Å². The minimum atomic E-state index is -4.57. The maximum absolute atomic E-state index is 13.0. The van der Waals surface area contributed by atoms with Gasteiger partial charge in [0, 0.05) is 15.3 Å². The zero-order chi connectivity index (χ0) is 15.6. The summed E-state index contributed by atoms with van der Waals surface area (Å²) >= 11 is 6.24. The summed E-state index contributed by atoms with van der Waals surface area (Å²) < 4.78 is 39.2. The van der Waals surface area contributed by atoms with E-state index < -0.39 is 23.2 Å². The van der Waals surface area contributed by atoms with Crippen LogP contribution in [-0.2, 0) is 6.18 Å². The van der Waals surface area contributed by atoms with Crippen LogP contribution in [0.2, 0.25) is 0 Å². The molecule has 0 atom stereocenters. The third-order valence-corrected chi connectivity index (χ3v) is 3.59. The Morgan fingerprint density at radius 2 is 1.90 bits per heavy atom. The first kappa shape index (κ1) is 17.5. The molecule has 1 amide bonds. The molecule has 2 nitrogen and oxygen atoms in total. The van der Waals surface area contributed by atoms with Crippen LogP contribution in [0, 0.1) is 0 Å². The van der Waals surface area contributed by atoms with Crippen LogP contribution in [0.1, 0.15) is 36.2 Å². The molecule has 0 radical (unpaired) electrons. The fraction of sp³-hybridized carbons (Fsp3) is 0.462. The van der Waals surface area contributed by atoms with Gasteiger partial charge in [0.25, 0.3) is 5.91 Å². The molecule has 1 rings (SSSR count). The molecule has 112 valence electrons. The van der Waals surface area contributed by atoms with Crippen molar-refractivity contribution in [1.82, 2.24) is 5.32 Å². The molecule has 0 saturated carbocycles. The fourth-order valence-electron chi connectivity index (χ4n) is 1.62. The van der Waals surface area contributed by atoms with Crippen molar-refractivity contribution >= 4 is 37.8 Å². The number of benzene rings is 1. The van der Waals surface area contributed by atoms with Gasteiger partial charge in [-0.1, -0.05) is 31.9 Å². The van der Waals surface area contributed by atoms with E-state index in [0.29, 0.717) is 11.8 Å². The largest absolute Gasteiger partial charge is 0.417 e. The van der Waals surface area contributed by atoms with Crippen molar-refractivity contribution in [3.63, 3.8) is 0 Å². The van der Waals surface area contributed by atoms with Crippen LogP contribution in [0.25, 0.3) is 0 Å². The molecule has 0 aliphatic carbocycles. The van der Waals surface area contributed by atoms with Crippen molar-refractivity contribution in [3.8, 4) is 0 Å². The monoisotopic (exact) mass is 415 g/mol. The van der Waals surface area contributed by atoms with Gasteiger partial charge in [-0.3, -0.25) is 4.79 Å². The van der Waals surface area contributed by atoms with Gasteiger partial charge in [-0.15, -0.1) is 0 Å². The van der Waals surface area contributed by atoms with Crippen molar-refractivity contribution in [3.05, 3.63) is 33.8 Å². The lowest BCUT2D eigenvalue weighted by Crippen LogP contribution is -2.44. The molecule has 0 spiro atoms. The van der Waals surface area contributed by atoms with Crippen LogP contribution < -0.4 is 5.32 Å². The Bertz CT molecular complexity index is 501. The Morgan fingerprint density at radius 3 is 2.40 bits per heavy atom. The average Bonchev–Trinajstić information content (AvgIpc) is 2.26. The second kappa shape index (κ2) is 6.47. The first-order valence-electron chi connectivity index (χ1n) is 5.82. The lowest BCUT2D eigenvalue weighted by molar-refractivity contribution is -0.138. The lowest BCUT2D eigenvalue weighted by Gasteiger charge is -2.26. The van der Waals surface area contributed by atoms with Gasteiger partial charge >= 0.3 is 6.18 Å². The Balaban J connectivity index is 3.11. The normalized spacial score (nSPS) is 12.3. The maximum Gasteiger partial charge on any atom is 0.417 e. The molecule has 0 aromatic heterocycles. The number of amides is 1. The number of halogens is 5. The van der Waals surface area contributed by atoms with Crippen LogP contribution in [0.4, 0.5) is 13.2 Å². The third-order valence-electron chi connectivity index (χ3n) is 2.70. The van der Waals surface area contributed by atoms with Gasteiger partial charge in [0.05, 0.1) is 11.1 Å². The number of alkyl halides is 4. The summed E-state index contributed by atoms with van der Waals surface area (Å²) in [4.78, 5) is 12.1. The Kier molecular flexibility index (Phi) is 5.66. The second-order valence-electron chi connectivity index (χ2n) is 4.96. The number of carbonyl (C=O) groups is 1. The van der Waals surface area contributed by atoms with Crippen molar-refractivity contribution in [1.29, 1.82) is 0 Å². The maximum atomic E-state index is 13.0. The second-order valence-corrected chi connectivity index (χ2v) is 6.67. The Morgan fingerprint density at radius 1 is 1.30 bits per heavy atom. The van der Waals surface area contributed by atoms with E-state index in [-0.39, 0.29) is 10.0 Å². The lowest BCUT2D eigenvalue weighted by atomic mass is 10.00. The van der Waals surface area contributed by atoms with Crippen molar-refractivity contribution in [2.24, 2.45) is 0 Å². The van der Waals surface area contributed by atoms with Crippen LogP contribution >= 0.6 is 31.9 Å². The SMILES string of the molecule is CC(C)(CCBr)NC(=O)c1ccc(Br)cc1C(F)(F)F. The summed E-state index contributed by atoms with van der Waals surface area (Å²) in [5, 5.41) is 3.27. The van der Waals surface area contributed by atoms with E-state index in [4.69, 9.17) is 0 Å². The standard InChI is InChI=1S/C13H14Br2F3NO/c1-12(2,5-6-14)19-11(20)9-4-3-8(15)7-10(9)13(16,17)18/h3-4,7H,5-6H2,1-2H3,(H,19,20). The molecule has 1 N–H and O–H groups in total. The van der Waals surface area contributed by atoms with Crippen molar-refractivity contribution in [2.75, 3.05) is 5.33 Å². The number of rotatable bonds is 4. The molecule has 7 heteroatoms. The summed E-state index contributed by atoms with van der Waals surface area (Å²) in [6, 6.07) is 3.50. The Labute approximate surface area is 132 Å². The van der Waals surface area contributed by atoms with Gasteiger partial charge in [-0.25, -0.2) is 0 Å². The van der Waals surface area contributed by atoms with Crippen LogP contribution in [0.15, 0.2) is 22.7 Å². The molecule has 0 aliphatic rings. The molecular weight excluding hydrogens is 403 g/mol. The van der Waals surface area contributed by atoms with Crippen molar-refractivity contribution in [2.45, 2.75) is 32.0 Å². The fourth-order valence-corrected chi connectivity index (χ4v) is 2.97. The van der Waals surface area contributed by atoms with Crippen LogP contribution in [0.5, 0.6) is 0 Å². The highest BCUT2D eigenvalue weighted by molar-refractivity contribution is 9.10. The number of nitrogens with one attached hydrogen (secondary N) is 1. The molecule has 0 aliphatic heterocycles. The van der Waals surface area contributed by atoms with Gasteiger partial charge < -0.3 is 5.32 Å². The first-order chi connectivity index (χ1) is 9.07. The highest BCUT2D eigenvalue weighted by Crippen LogP contribution is 2.34. The van der Waals surface area contributed by atoms with E-state index in [1.807, 2.05) is 0 Å². The molecule has 0 saturated heterocycles. The zero-order valence-corrected chi connectivity index (χ0v) is 14.1. The minimum absolute atomic E-state index is 0.279. The van der Waals surface area contributed by atoms with E-state index >= 15 is 0 Å². The van der Waals surface area contributed by atoms with E-state index in [2.05, 4.69) is 37.2 Å². The molecule has 0 bridgehead atoms. The van der Waals surface area contributed by atoms with Crippen molar-refractivity contribution < 1.29 is 18.0 Å². The molecular formula is C13H14Br2F3NO. The zero-order valence-electron chi connectivity index (χ0n) is 10.9. The summed E-state index contributed by atoms with van der Waals surface area (Å²) in [5.41, 5.74) is -1.90. The Hall–Kier alpha value is -0.560. The predicted molar refractivity (Wildman–Crippen MR) is 79.1 cm³/mol. The molecule has 0 fully saturated rings. The molecule has 0 heterocycles. The van der Waals surface area contributed by atoms with Gasteiger partial charge in [0.1, 0.15) is 0 Å². The summed E-state index contributed by atoms with van der Waals surface area (Å²) in [6.45, 7) is 3.52. The summed E-state index contributed by atoms with van der Waals surface area (Å²) in [6.07, 6.45) is -3.97. The van der Waals surface area contributed by atoms with E-state index in [9.17, 15) is 18.0 Å². The van der Waals surface area contributed by atoms with Gasteiger partial charge in [0.15, 0.2) is 0 Å². The summed E-state index contributed by atoms with van der Waals surface area (Å²) in [5.74, 6) is -0.726. The third kappa shape index (κ3) is 4.77. The first-order valence-corrected chi connectivity index (χ1v) is 7.73. The molecule has 0 unspecified atom stereocenters. The number of carbonyl (C=O) groups excluding carboxylic acids is 1. The van der Waals surface area contributed by atoms with Gasteiger partial charge in [-0.05, 0) is 38.5 Å². The highest BCUT2D eigenvalue weighted by atomic mass is 79.9. The molecule has 1 aromatic carbocycles. The van der Waals surface area contributed by atoms with Crippen LogP contribution in [0.3, 0.4) is 0 Å².